The summed E-state index contributed by atoms with van der Waals surface area (Å²) in [6.45, 7) is 2.23. The van der Waals surface area contributed by atoms with Gasteiger partial charge in [-0.05, 0) is 54.8 Å². The number of likely N-dealkylation sites (tertiary alicyclic amines) is 1. The first-order valence-electron chi connectivity index (χ1n) is 9.21. The van der Waals surface area contributed by atoms with Crippen molar-refractivity contribution >= 4 is 23.2 Å². The lowest BCUT2D eigenvalue weighted by atomic mass is 10.0. The van der Waals surface area contributed by atoms with Crippen molar-refractivity contribution in [3.63, 3.8) is 0 Å². The van der Waals surface area contributed by atoms with E-state index < -0.39 is 5.82 Å². The lowest BCUT2D eigenvalue weighted by molar-refractivity contribution is -0.122. The van der Waals surface area contributed by atoms with Crippen molar-refractivity contribution in [3.05, 3.63) is 64.7 Å². The molecule has 28 heavy (non-hydrogen) atoms. The van der Waals surface area contributed by atoms with Gasteiger partial charge in [0.05, 0.1) is 5.02 Å². The van der Waals surface area contributed by atoms with E-state index in [1.54, 1.807) is 29.2 Å². The van der Waals surface area contributed by atoms with Crippen molar-refractivity contribution in [1.82, 2.24) is 4.90 Å². The summed E-state index contributed by atoms with van der Waals surface area (Å²) in [4.78, 5) is 16.6. The molecule has 1 fully saturated rings. The summed E-state index contributed by atoms with van der Waals surface area (Å²) in [6, 6.07) is 10.7. The lowest BCUT2D eigenvalue weighted by Crippen LogP contribution is -2.48. The number of nitrogens with zero attached hydrogens (tertiary/aromatic N) is 2. The zero-order valence-corrected chi connectivity index (χ0v) is 16.5. The third-order valence-electron chi connectivity index (χ3n) is 4.95. The van der Waals surface area contributed by atoms with E-state index in [-0.39, 0.29) is 29.4 Å². The van der Waals surface area contributed by atoms with Crippen molar-refractivity contribution in [2.45, 2.75) is 25.4 Å². The first-order valence-corrected chi connectivity index (χ1v) is 9.58. The van der Waals surface area contributed by atoms with Gasteiger partial charge in [-0.15, -0.1) is 0 Å². The summed E-state index contributed by atoms with van der Waals surface area (Å²) < 4.78 is 31.6. The maximum absolute atomic E-state index is 13.3. The van der Waals surface area contributed by atoms with E-state index in [4.69, 9.17) is 16.3 Å². The number of rotatable bonds is 6. The standard InChI is InChI=1S/C21H23ClF2N2O2/c1-28-14-21(27)26(17-5-3-16(23)4-6-17)18-8-10-25(11-9-18)13-15-2-7-20(24)19(22)12-15/h2-7,12,18H,8-11,13-14H2,1H3. The maximum Gasteiger partial charge on any atom is 0.253 e. The van der Waals surface area contributed by atoms with Gasteiger partial charge in [0.25, 0.3) is 5.91 Å². The molecule has 2 aromatic rings. The van der Waals surface area contributed by atoms with Gasteiger partial charge in [-0.2, -0.15) is 0 Å². The predicted octanol–water partition coefficient (Wildman–Crippen LogP) is 4.26. The van der Waals surface area contributed by atoms with Crippen LogP contribution in [-0.4, -0.2) is 43.7 Å². The van der Waals surface area contributed by atoms with Gasteiger partial charge < -0.3 is 9.64 Å². The van der Waals surface area contributed by atoms with Gasteiger partial charge in [-0.1, -0.05) is 17.7 Å². The van der Waals surface area contributed by atoms with Crippen LogP contribution in [0.25, 0.3) is 0 Å². The van der Waals surface area contributed by atoms with E-state index in [2.05, 4.69) is 4.90 Å². The normalized spacial score (nSPS) is 15.6. The molecule has 3 rings (SSSR count). The maximum atomic E-state index is 13.3. The average Bonchev–Trinajstić information content (AvgIpc) is 2.68. The minimum absolute atomic E-state index is 0.0150. The van der Waals surface area contributed by atoms with Crippen molar-refractivity contribution in [2.75, 3.05) is 31.7 Å². The number of hydrogen-bond acceptors (Lipinski definition) is 3. The smallest absolute Gasteiger partial charge is 0.253 e. The molecule has 0 radical (unpaired) electrons. The van der Waals surface area contributed by atoms with Gasteiger partial charge in [-0.25, -0.2) is 8.78 Å². The number of benzene rings is 2. The molecular weight excluding hydrogens is 386 g/mol. The quantitative estimate of drug-likeness (QED) is 0.716. The Morgan fingerprint density at radius 2 is 1.86 bits per heavy atom. The van der Waals surface area contributed by atoms with Crippen LogP contribution in [0, 0.1) is 11.6 Å². The molecule has 0 saturated carbocycles. The fourth-order valence-corrected chi connectivity index (χ4v) is 3.79. The van der Waals surface area contributed by atoms with Gasteiger partial charge in [0.1, 0.15) is 18.2 Å². The largest absolute Gasteiger partial charge is 0.375 e. The first-order chi connectivity index (χ1) is 13.5. The summed E-state index contributed by atoms with van der Waals surface area (Å²) in [6.07, 6.45) is 1.56. The fourth-order valence-electron chi connectivity index (χ4n) is 3.58. The van der Waals surface area contributed by atoms with E-state index in [0.29, 0.717) is 12.2 Å². The molecule has 1 aliphatic heterocycles. The summed E-state index contributed by atoms with van der Waals surface area (Å²) in [5.41, 5.74) is 1.63. The van der Waals surface area contributed by atoms with Gasteiger partial charge in [0.15, 0.2) is 0 Å². The highest BCUT2D eigenvalue weighted by Gasteiger charge is 2.29. The third kappa shape index (κ3) is 5.07. The Morgan fingerprint density at radius 3 is 2.46 bits per heavy atom. The molecule has 2 aromatic carbocycles. The highest BCUT2D eigenvalue weighted by atomic mass is 35.5. The second-order valence-corrected chi connectivity index (χ2v) is 7.34. The van der Waals surface area contributed by atoms with Crippen LogP contribution < -0.4 is 4.90 Å². The number of methoxy groups -OCH3 is 1. The SMILES string of the molecule is COCC(=O)N(c1ccc(F)cc1)C1CCN(Cc2ccc(F)c(Cl)c2)CC1. The molecule has 0 atom stereocenters. The van der Waals surface area contributed by atoms with Gasteiger partial charge in [-0.3, -0.25) is 9.69 Å². The van der Waals surface area contributed by atoms with E-state index in [1.165, 1.54) is 25.3 Å². The molecule has 0 spiro atoms. The third-order valence-corrected chi connectivity index (χ3v) is 5.24. The second kappa shape index (κ2) is 9.45. The van der Waals surface area contributed by atoms with E-state index in [1.807, 2.05) is 0 Å². The molecule has 0 aliphatic carbocycles. The number of anilines is 1. The Hall–Kier alpha value is -2.02. The van der Waals surface area contributed by atoms with Gasteiger partial charge in [0, 0.05) is 38.5 Å². The number of carbonyl (C=O) groups is 1. The fraction of sp³-hybridized carbons (Fsp3) is 0.381. The molecule has 0 N–H and O–H groups in total. The molecule has 0 aromatic heterocycles. The van der Waals surface area contributed by atoms with Gasteiger partial charge >= 0.3 is 0 Å². The number of piperidine rings is 1. The Balaban J connectivity index is 1.66. The van der Waals surface area contributed by atoms with Crippen molar-refractivity contribution in [2.24, 2.45) is 0 Å². The van der Waals surface area contributed by atoms with Crippen molar-refractivity contribution < 1.29 is 18.3 Å². The molecule has 150 valence electrons. The zero-order chi connectivity index (χ0) is 20.1. The lowest BCUT2D eigenvalue weighted by Gasteiger charge is -2.38. The van der Waals surface area contributed by atoms with Crippen LogP contribution in [0.4, 0.5) is 14.5 Å². The highest BCUT2D eigenvalue weighted by Crippen LogP contribution is 2.26. The molecule has 0 bridgehead atoms. The monoisotopic (exact) mass is 408 g/mol. The van der Waals surface area contributed by atoms with Crippen LogP contribution in [0.15, 0.2) is 42.5 Å². The van der Waals surface area contributed by atoms with Crippen LogP contribution in [0.2, 0.25) is 5.02 Å². The molecule has 4 nitrogen and oxygen atoms in total. The molecule has 1 amide bonds. The predicted molar refractivity (Wildman–Crippen MR) is 105 cm³/mol. The summed E-state index contributed by atoms with van der Waals surface area (Å²) in [5.74, 6) is -0.899. The number of ether oxygens (including phenoxy) is 1. The molecule has 0 unspecified atom stereocenters. The molecule has 1 heterocycles. The van der Waals surface area contributed by atoms with E-state index in [9.17, 15) is 13.6 Å². The molecule has 1 saturated heterocycles. The van der Waals surface area contributed by atoms with Crippen LogP contribution >= 0.6 is 11.6 Å². The van der Waals surface area contributed by atoms with Gasteiger partial charge in [0.2, 0.25) is 0 Å². The Bertz CT molecular complexity index is 809. The molecule has 7 heteroatoms. The number of halogens is 3. The Labute approximate surface area is 168 Å². The molecule has 1 aliphatic rings. The van der Waals surface area contributed by atoms with Crippen LogP contribution in [0.3, 0.4) is 0 Å². The molecular formula is C21H23ClF2N2O2. The van der Waals surface area contributed by atoms with Crippen LogP contribution in [0.5, 0.6) is 0 Å². The number of amides is 1. The second-order valence-electron chi connectivity index (χ2n) is 6.93. The number of hydrogen-bond donors (Lipinski definition) is 0. The Morgan fingerprint density at radius 1 is 1.18 bits per heavy atom. The first kappa shape index (κ1) is 20.7. The zero-order valence-electron chi connectivity index (χ0n) is 15.7. The van der Waals surface area contributed by atoms with E-state index in [0.717, 1.165) is 31.5 Å². The summed E-state index contributed by atoms with van der Waals surface area (Å²) >= 11 is 5.86. The summed E-state index contributed by atoms with van der Waals surface area (Å²) in [5, 5.41) is 0.125. The van der Waals surface area contributed by atoms with Crippen molar-refractivity contribution in [3.8, 4) is 0 Å². The minimum Gasteiger partial charge on any atom is -0.375 e. The van der Waals surface area contributed by atoms with Crippen molar-refractivity contribution in [1.29, 1.82) is 0 Å². The highest BCUT2D eigenvalue weighted by molar-refractivity contribution is 6.30. The topological polar surface area (TPSA) is 32.8 Å². The van der Waals surface area contributed by atoms with Crippen LogP contribution in [-0.2, 0) is 16.1 Å². The van der Waals surface area contributed by atoms with Crippen LogP contribution in [0.1, 0.15) is 18.4 Å². The minimum atomic E-state index is -0.421. The summed E-state index contributed by atoms with van der Waals surface area (Å²) in [7, 11) is 1.48. The average molecular weight is 409 g/mol. The Kier molecular flexibility index (Phi) is 6.99. The number of carbonyl (C=O) groups excluding carboxylic acids is 1. The van der Waals surface area contributed by atoms with E-state index >= 15 is 0 Å².